The second-order valence-electron chi connectivity index (χ2n) is 4.18. The van der Waals surface area contributed by atoms with Crippen LogP contribution in [0.4, 0.5) is 4.39 Å². The average Bonchev–Trinajstić information content (AvgIpc) is 2.48. The Morgan fingerprint density at radius 2 is 2.10 bits per heavy atom. The number of rotatable bonds is 5. The highest BCUT2D eigenvalue weighted by molar-refractivity contribution is 5.91. The van der Waals surface area contributed by atoms with E-state index in [4.69, 9.17) is 4.74 Å². The van der Waals surface area contributed by atoms with E-state index in [-0.39, 0.29) is 23.5 Å². The normalized spacial score (nSPS) is 11.7. The Balaban J connectivity index is 1.82. The first-order valence-electron chi connectivity index (χ1n) is 6.11. The number of ether oxygens (including phenoxy) is 1. The summed E-state index contributed by atoms with van der Waals surface area (Å²) < 4.78 is 18.3. The summed E-state index contributed by atoms with van der Waals surface area (Å²) in [7, 11) is 0. The fourth-order valence-electron chi connectivity index (χ4n) is 1.53. The topological polar surface area (TPSA) is 64.1 Å². The van der Waals surface area contributed by atoms with Gasteiger partial charge in [0.2, 0.25) is 0 Å². The van der Waals surface area contributed by atoms with Crippen LogP contribution in [0.25, 0.3) is 0 Å². The predicted octanol–water partition coefficient (Wildman–Crippen LogP) is 1.81. The summed E-state index contributed by atoms with van der Waals surface area (Å²) in [6, 6.07) is 5.72. The summed E-state index contributed by atoms with van der Waals surface area (Å²) in [5, 5.41) is 2.69. The van der Waals surface area contributed by atoms with Gasteiger partial charge >= 0.3 is 0 Å². The van der Waals surface area contributed by atoms with Crippen molar-refractivity contribution in [1.29, 1.82) is 0 Å². The van der Waals surface area contributed by atoms with Crippen LogP contribution in [0.15, 0.2) is 42.9 Å². The SMILES string of the molecule is C[C@H](CNC(=O)c1cnccn1)Oc1ccc(F)cc1. The van der Waals surface area contributed by atoms with Gasteiger partial charge in [0.15, 0.2) is 0 Å². The van der Waals surface area contributed by atoms with E-state index in [1.807, 2.05) is 0 Å². The van der Waals surface area contributed by atoms with E-state index in [1.54, 1.807) is 6.92 Å². The molecule has 1 aromatic carbocycles. The molecule has 2 rings (SSSR count). The molecule has 0 unspecified atom stereocenters. The fourth-order valence-corrected chi connectivity index (χ4v) is 1.53. The molecule has 104 valence electrons. The third-order valence-electron chi connectivity index (χ3n) is 2.50. The van der Waals surface area contributed by atoms with Crippen molar-refractivity contribution in [3.63, 3.8) is 0 Å². The van der Waals surface area contributed by atoms with E-state index in [9.17, 15) is 9.18 Å². The molecule has 1 amide bonds. The van der Waals surface area contributed by atoms with Crippen molar-refractivity contribution in [3.05, 3.63) is 54.4 Å². The van der Waals surface area contributed by atoms with Crippen molar-refractivity contribution in [3.8, 4) is 5.75 Å². The summed E-state index contributed by atoms with van der Waals surface area (Å²) in [5.41, 5.74) is 0.251. The third-order valence-corrected chi connectivity index (χ3v) is 2.50. The highest BCUT2D eigenvalue weighted by Crippen LogP contribution is 2.12. The van der Waals surface area contributed by atoms with Crippen LogP contribution < -0.4 is 10.1 Å². The molecule has 1 aromatic heterocycles. The molecule has 0 radical (unpaired) electrons. The number of hydrogen-bond donors (Lipinski definition) is 1. The van der Waals surface area contributed by atoms with Crippen molar-refractivity contribution in [2.24, 2.45) is 0 Å². The lowest BCUT2D eigenvalue weighted by Gasteiger charge is -2.15. The molecule has 0 saturated carbocycles. The molecule has 1 atom stereocenters. The van der Waals surface area contributed by atoms with Crippen LogP contribution in [-0.2, 0) is 0 Å². The van der Waals surface area contributed by atoms with Gasteiger partial charge in [-0.1, -0.05) is 0 Å². The van der Waals surface area contributed by atoms with Gasteiger partial charge in [-0.3, -0.25) is 9.78 Å². The molecule has 2 aromatic rings. The molecule has 1 heterocycles. The molecule has 20 heavy (non-hydrogen) atoms. The lowest BCUT2D eigenvalue weighted by atomic mass is 10.3. The Bertz CT molecular complexity index is 560. The standard InChI is InChI=1S/C14H14FN3O2/c1-10(20-12-4-2-11(15)3-5-12)8-18-14(19)13-9-16-6-7-17-13/h2-7,9-10H,8H2,1H3,(H,18,19)/t10-/m1/s1. The molecule has 0 spiro atoms. The van der Waals surface area contributed by atoms with Crippen LogP contribution in [-0.4, -0.2) is 28.5 Å². The smallest absolute Gasteiger partial charge is 0.271 e. The summed E-state index contributed by atoms with van der Waals surface area (Å²) in [6.45, 7) is 2.12. The van der Waals surface area contributed by atoms with Gasteiger partial charge < -0.3 is 10.1 Å². The largest absolute Gasteiger partial charge is 0.489 e. The number of aromatic nitrogens is 2. The first-order valence-corrected chi connectivity index (χ1v) is 6.11. The quantitative estimate of drug-likeness (QED) is 0.904. The molecule has 0 aliphatic rings. The highest BCUT2D eigenvalue weighted by atomic mass is 19.1. The van der Waals surface area contributed by atoms with Crippen LogP contribution in [0.3, 0.4) is 0 Å². The number of nitrogens with zero attached hydrogens (tertiary/aromatic N) is 2. The minimum atomic E-state index is -0.319. The van der Waals surface area contributed by atoms with Crippen LogP contribution >= 0.6 is 0 Å². The van der Waals surface area contributed by atoms with Crippen LogP contribution in [0.2, 0.25) is 0 Å². The van der Waals surface area contributed by atoms with E-state index in [2.05, 4.69) is 15.3 Å². The number of benzene rings is 1. The van der Waals surface area contributed by atoms with Gasteiger partial charge in [-0.2, -0.15) is 0 Å². The van der Waals surface area contributed by atoms with Crippen molar-refractivity contribution in [1.82, 2.24) is 15.3 Å². The lowest BCUT2D eigenvalue weighted by Crippen LogP contribution is -2.34. The second-order valence-corrected chi connectivity index (χ2v) is 4.18. The van der Waals surface area contributed by atoms with Crippen LogP contribution in [0, 0.1) is 5.82 Å². The van der Waals surface area contributed by atoms with Crippen LogP contribution in [0.5, 0.6) is 5.75 Å². The van der Waals surface area contributed by atoms with E-state index in [1.165, 1.54) is 42.9 Å². The fraction of sp³-hybridized carbons (Fsp3) is 0.214. The van der Waals surface area contributed by atoms with Gasteiger partial charge in [0.1, 0.15) is 23.4 Å². The molecule has 5 nitrogen and oxygen atoms in total. The minimum absolute atomic E-state index is 0.249. The van der Waals surface area contributed by atoms with Gasteiger partial charge in [-0.25, -0.2) is 9.37 Å². The van der Waals surface area contributed by atoms with Gasteiger partial charge in [0, 0.05) is 12.4 Å². The van der Waals surface area contributed by atoms with E-state index >= 15 is 0 Å². The summed E-state index contributed by atoms with van der Waals surface area (Å²) >= 11 is 0. The summed E-state index contributed by atoms with van der Waals surface area (Å²) in [4.78, 5) is 19.4. The zero-order valence-corrected chi connectivity index (χ0v) is 10.9. The van der Waals surface area contributed by atoms with E-state index in [0.29, 0.717) is 12.3 Å². The number of nitrogens with one attached hydrogen (secondary N) is 1. The van der Waals surface area contributed by atoms with Crippen molar-refractivity contribution >= 4 is 5.91 Å². The van der Waals surface area contributed by atoms with Crippen molar-refractivity contribution in [2.75, 3.05) is 6.54 Å². The molecular weight excluding hydrogens is 261 g/mol. The Morgan fingerprint density at radius 1 is 1.35 bits per heavy atom. The molecular formula is C14H14FN3O2. The number of carbonyl (C=O) groups excluding carboxylic acids is 1. The van der Waals surface area contributed by atoms with Gasteiger partial charge in [0.05, 0.1) is 12.7 Å². The third kappa shape index (κ3) is 4.01. The molecule has 1 N–H and O–H groups in total. The minimum Gasteiger partial charge on any atom is -0.489 e. The maximum Gasteiger partial charge on any atom is 0.271 e. The number of hydrogen-bond acceptors (Lipinski definition) is 4. The molecule has 6 heteroatoms. The first-order chi connectivity index (χ1) is 9.65. The molecule has 0 aliphatic carbocycles. The molecule has 0 fully saturated rings. The van der Waals surface area contributed by atoms with Gasteiger partial charge in [0.25, 0.3) is 5.91 Å². The predicted molar refractivity (Wildman–Crippen MR) is 70.9 cm³/mol. The maximum absolute atomic E-state index is 12.7. The van der Waals surface area contributed by atoms with Crippen molar-refractivity contribution in [2.45, 2.75) is 13.0 Å². The molecule has 0 aliphatic heterocycles. The summed E-state index contributed by atoms with van der Waals surface area (Å²) in [6.07, 6.45) is 4.09. The molecule has 0 saturated heterocycles. The maximum atomic E-state index is 12.7. The van der Waals surface area contributed by atoms with Gasteiger partial charge in [-0.05, 0) is 31.2 Å². The number of amides is 1. The van der Waals surface area contributed by atoms with Crippen molar-refractivity contribution < 1.29 is 13.9 Å². The Hall–Kier alpha value is -2.50. The van der Waals surface area contributed by atoms with Crippen LogP contribution in [0.1, 0.15) is 17.4 Å². The average molecular weight is 275 g/mol. The monoisotopic (exact) mass is 275 g/mol. The molecule has 0 bridgehead atoms. The van der Waals surface area contributed by atoms with Gasteiger partial charge in [-0.15, -0.1) is 0 Å². The zero-order valence-electron chi connectivity index (χ0n) is 10.9. The van der Waals surface area contributed by atoms with E-state index in [0.717, 1.165) is 0 Å². The Kier molecular flexibility index (Phi) is 4.60. The number of halogens is 1. The Morgan fingerprint density at radius 3 is 2.75 bits per heavy atom. The number of carbonyl (C=O) groups is 1. The lowest BCUT2D eigenvalue weighted by molar-refractivity contribution is 0.0927. The second kappa shape index (κ2) is 6.60. The Labute approximate surface area is 115 Å². The first kappa shape index (κ1) is 13.9. The van der Waals surface area contributed by atoms with E-state index < -0.39 is 0 Å². The zero-order chi connectivity index (χ0) is 14.4. The highest BCUT2D eigenvalue weighted by Gasteiger charge is 2.10. The summed E-state index contributed by atoms with van der Waals surface area (Å²) in [5.74, 6) is -0.0822.